The Balaban J connectivity index is 2.12. The molecule has 1 amide bonds. The molecule has 2 heterocycles. The maximum Gasteiger partial charge on any atom is 0.223 e. The number of nitrogens with zero attached hydrogens (tertiary/aromatic N) is 4. The van der Waals surface area contributed by atoms with Crippen molar-refractivity contribution in [2.45, 2.75) is 6.54 Å². The number of carbonyl (C=O) groups excluding carboxylic acids is 1. The van der Waals surface area contributed by atoms with Crippen LogP contribution in [0.25, 0.3) is 0 Å². The summed E-state index contributed by atoms with van der Waals surface area (Å²) in [5, 5.41) is 4.30. The van der Waals surface area contributed by atoms with E-state index >= 15 is 0 Å². The van der Waals surface area contributed by atoms with Gasteiger partial charge in [-0.25, -0.2) is 12.7 Å². The highest BCUT2D eigenvalue weighted by molar-refractivity contribution is 7.88. The first-order valence-electron chi connectivity index (χ1n) is 6.71. The molecule has 1 fully saturated rings. The third-order valence-corrected chi connectivity index (χ3v) is 4.86. The number of rotatable bonds is 4. The lowest BCUT2D eigenvalue weighted by atomic mass is 10.1. The summed E-state index contributed by atoms with van der Waals surface area (Å²) in [6, 6.07) is 1.90. The van der Waals surface area contributed by atoms with Crippen molar-refractivity contribution < 1.29 is 13.2 Å². The van der Waals surface area contributed by atoms with Crippen molar-refractivity contribution in [2.24, 2.45) is 18.7 Å². The van der Waals surface area contributed by atoms with Gasteiger partial charge in [0, 0.05) is 46.0 Å². The van der Waals surface area contributed by atoms with E-state index in [1.807, 2.05) is 24.2 Å². The van der Waals surface area contributed by atoms with Gasteiger partial charge in [0.15, 0.2) is 0 Å². The summed E-state index contributed by atoms with van der Waals surface area (Å²) in [5.74, 6) is -0.984. The van der Waals surface area contributed by atoms with Gasteiger partial charge < -0.3 is 5.73 Å². The predicted molar refractivity (Wildman–Crippen MR) is 77.6 cm³/mol. The van der Waals surface area contributed by atoms with E-state index in [4.69, 9.17) is 5.73 Å². The Morgan fingerprint density at radius 2 is 2.14 bits per heavy atom. The van der Waals surface area contributed by atoms with Crippen LogP contribution in [0.3, 0.4) is 0 Å². The number of carbonyl (C=O) groups is 1. The molecule has 1 saturated heterocycles. The molecule has 1 aliphatic rings. The molecule has 1 aliphatic heterocycles. The summed E-state index contributed by atoms with van der Waals surface area (Å²) >= 11 is 0. The molecule has 0 saturated carbocycles. The van der Waals surface area contributed by atoms with E-state index in [1.54, 1.807) is 4.68 Å². The highest BCUT2D eigenvalue weighted by atomic mass is 32.2. The van der Waals surface area contributed by atoms with E-state index < -0.39 is 21.8 Å². The average Bonchev–Trinajstić information content (AvgIpc) is 2.63. The van der Waals surface area contributed by atoms with Gasteiger partial charge in [-0.1, -0.05) is 0 Å². The Morgan fingerprint density at radius 3 is 2.67 bits per heavy atom. The lowest BCUT2D eigenvalue weighted by Crippen LogP contribution is -2.40. The Hall–Kier alpha value is -1.45. The SMILES string of the molecule is Cn1ccc(CN2CCN(S(C)(=O)=O)CC(C(N)=O)C2)n1. The molecule has 2 N–H and O–H groups in total. The van der Waals surface area contributed by atoms with Crippen molar-refractivity contribution in [1.82, 2.24) is 19.0 Å². The van der Waals surface area contributed by atoms with Crippen LogP contribution in [-0.2, 0) is 28.4 Å². The van der Waals surface area contributed by atoms with Crippen molar-refractivity contribution in [2.75, 3.05) is 32.4 Å². The summed E-state index contributed by atoms with van der Waals surface area (Å²) in [5.41, 5.74) is 6.28. The summed E-state index contributed by atoms with van der Waals surface area (Å²) < 4.78 is 26.5. The minimum atomic E-state index is -3.33. The number of aryl methyl sites for hydroxylation is 1. The molecule has 1 unspecified atom stereocenters. The number of aromatic nitrogens is 2. The molecular formula is C12H21N5O3S. The van der Waals surface area contributed by atoms with E-state index in [0.29, 0.717) is 26.2 Å². The Labute approximate surface area is 124 Å². The van der Waals surface area contributed by atoms with Gasteiger partial charge in [0.25, 0.3) is 0 Å². The van der Waals surface area contributed by atoms with Crippen LogP contribution in [0.5, 0.6) is 0 Å². The minimum absolute atomic E-state index is 0.146. The Morgan fingerprint density at radius 1 is 1.43 bits per heavy atom. The zero-order valence-electron chi connectivity index (χ0n) is 12.3. The third kappa shape index (κ3) is 4.26. The topological polar surface area (TPSA) is 102 Å². The van der Waals surface area contributed by atoms with Crippen LogP contribution in [0.4, 0.5) is 0 Å². The average molecular weight is 315 g/mol. The lowest BCUT2D eigenvalue weighted by Gasteiger charge is -2.21. The highest BCUT2D eigenvalue weighted by Gasteiger charge is 2.30. The fourth-order valence-electron chi connectivity index (χ4n) is 2.45. The number of amides is 1. The number of sulfonamides is 1. The summed E-state index contributed by atoms with van der Waals surface area (Å²) in [6.45, 7) is 2.07. The molecule has 0 bridgehead atoms. The molecule has 21 heavy (non-hydrogen) atoms. The second-order valence-corrected chi connectivity index (χ2v) is 7.42. The zero-order chi connectivity index (χ0) is 15.6. The van der Waals surface area contributed by atoms with Crippen LogP contribution < -0.4 is 5.73 Å². The van der Waals surface area contributed by atoms with Gasteiger partial charge >= 0.3 is 0 Å². The van der Waals surface area contributed by atoms with Gasteiger partial charge in [0.05, 0.1) is 17.9 Å². The molecule has 0 aromatic carbocycles. The summed E-state index contributed by atoms with van der Waals surface area (Å²) in [6.07, 6.45) is 3.00. The standard InChI is InChI=1S/C12H21N5O3S/c1-15-4-3-11(14-15)9-16-5-6-17(21(2,19)20)8-10(7-16)12(13)18/h3-4,10H,5-9H2,1-2H3,(H2,13,18). The van der Waals surface area contributed by atoms with Crippen LogP contribution in [0, 0.1) is 5.92 Å². The van der Waals surface area contributed by atoms with Crippen LogP contribution in [-0.4, -0.2) is 65.7 Å². The van der Waals surface area contributed by atoms with E-state index in [0.717, 1.165) is 11.9 Å². The Kier molecular flexibility index (Phi) is 4.64. The summed E-state index contributed by atoms with van der Waals surface area (Å²) in [7, 11) is -1.49. The molecule has 1 aromatic heterocycles. The van der Waals surface area contributed by atoms with E-state index in [1.165, 1.54) is 4.31 Å². The van der Waals surface area contributed by atoms with Crippen LogP contribution in [0.15, 0.2) is 12.3 Å². The van der Waals surface area contributed by atoms with Gasteiger partial charge in [-0.2, -0.15) is 5.10 Å². The predicted octanol–water partition coefficient (Wildman–Crippen LogP) is -1.40. The molecular weight excluding hydrogens is 294 g/mol. The quantitative estimate of drug-likeness (QED) is 0.736. The first-order chi connectivity index (χ1) is 9.75. The number of hydrogen-bond donors (Lipinski definition) is 1. The molecule has 8 nitrogen and oxygen atoms in total. The smallest absolute Gasteiger partial charge is 0.223 e. The molecule has 0 aliphatic carbocycles. The zero-order valence-corrected chi connectivity index (χ0v) is 13.1. The molecule has 9 heteroatoms. The number of primary amides is 1. The first kappa shape index (κ1) is 15.9. The largest absolute Gasteiger partial charge is 0.369 e. The van der Waals surface area contributed by atoms with Gasteiger partial charge in [0.1, 0.15) is 0 Å². The van der Waals surface area contributed by atoms with Crippen LogP contribution >= 0.6 is 0 Å². The van der Waals surface area contributed by atoms with Crippen molar-refractivity contribution >= 4 is 15.9 Å². The van der Waals surface area contributed by atoms with E-state index in [-0.39, 0.29) is 6.54 Å². The molecule has 1 aromatic rings. The van der Waals surface area contributed by atoms with Gasteiger partial charge in [-0.3, -0.25) is 14.4 Å². The maximum atomic E-state index is 11.7. The van der Waals surface area contributed by atoms with E-state index in [9.17, 15) is 13.2 Å². The normalized spacial score (nSPS) is 22.1. The lowest BCUT2D eigenvalue weighted by molar-refractivity contribution is -0.122. The highest BCUT2D eigenvalue weighted by Crippen LogP contribution is 2.14. The van der Waals surface area contributed by atoms with Crippen molar-refractivity contribution in [3.05, 3.63) is 18.0 Å². The number of hydrogen-bond acceptors (Lipinski definition) is 5. The Bertz CT molecular complexity index is 612. The first-order valence-corrected chi connectivity index (χ1v) is 8.56. The molecule has 0 radical (unpaired) electrons. The third-order valence-electron chi connectivity index (χ3n) is 3.59. The number of nitrogens with two attached hydrogens (primary N) is 1. The van der Waals surface area contributed by atoms with Gasteiger partial charge in [0.2, 0.25) is 15.9 Å². The molecule has 2 rings (SSSR count). The van der Waals surface area contributed by atoms with Gasteiger partial charge in [-0.15, -0.1) is 0 Å². The molecule has 118 valence electrons. The fraction of sp³-hybridized carbons (Fsp3) is 0.667. The maximum absolute atomic E-state index is 11.7. The van der Waals surface area contributed by atoms with Gasteiger partial charge in [-0.05, 0) is 6.07 Å². The molecule has 1 atom stereocenters. The summed E-state index contributed by atoms with van der Waals surface area (Å²) in [4.78, 5) is 13.6. The van der Waals surface area contributed by atoms with E-state index in [2.05, 4.69) is 5.10 Å². The van der Waals surface area contributed by atoms with Crippen LogP contribution in [0.1, 0.15) is 5.69 Å². The van der Waals surface area contributed by atoms with Crippen molar-refractivity contribution in [1.29, 1.82) is 0 Å². The fourth-order valence-corrected chi connectivity index (χ4v) is 3.32. The molecule has 0 spiro atoms. The monoisotopic (exact) mass is 315 g/mol. The minimum Gasteiger partial charge on any atom is -0.369 e. The van der Waals surface area contributed by atoms with Crippen molar-refractivity contribution in [3.8, 4) is 0 Å². The second-order valence-electron chi connectivity index (χ2n) is 5.44. The van der Waals surface area contributed by atoms with Crippen LogP contribution in [0.2, 0.25) is 0 Å². The second kappa shape index (κ2) is 6.12. The van der Waals surface area contributed by atoms with Crippen molar-refractivity contribution in [3.63, 3.8) is 0 Å².